The number of phosphoric ester groups is 2. The molecular formula is C69H134O17P2. The summed E-state index contributed by atoms with van der Waals surface area (Å²) in [5, 5.41) is 10.6. The molecule has 88 heavy (non-hydrogen) atoms. The van der Waals surface area contributed by atoms with Crippen LogP contribution >= 0.6 is 15.6 Å². The van der Waals surface area contributed by atoms with Crippen molar-refractivity contribution in [2.45, 2.75) is 356 Å². The molecule has 0 radical (unpaired) electrons. The van der Waals surface area contributed by atoms with Crippen molar-refractivity contribution in [1.29, 1.82) is 0 Å². The number of hydrogen-bond acceptors (Lipinski definition) is 15. The van der Waals surface area contributed by atoms with Crippen molar-refractivity contribution in [3.05, 3.63) is 0 Å². The van der Waals surface area contributed by atoms with Crippen LogP contribution in [0.4, 0.5) is 0 Å². The molecule has 0 aromatic carbocycles. The van der Waals surface area contributed by atoms with Crippen LogP contribution in [0.3, 0.4) is 0 Å². The minimum Gasteiger partial charge on any atom is -0.462 e. The minimum atomic E-state index is -4.95. The van der Waals surface area contributed by atoms with E-state index in [9.17, 15) is 43.2 Å². The Morgan fingerprint density at radius 3 is 0.807 bits per heavy atom. The summed E-state index contributed by atoms with van der Waals surface area (Å²) in [7, 11) is -9.90. The summed E-state index contributed by atoms with van der Waals surface area (Å²) >= 11 is 0. The van der Waals surface area contributed by atoms with Gasteiger partial charge >= 0.3 is 39.5 Å². The third kappa shape index (κ3) is 60.3. The van der Waals surface area contributed by atoms with E-state index in [1.54, 1.807) is 0 Å². The lowest BCUT2D eigenvalue weighted by atomic mass is 9.99. The highest BCUT2D eigenvalue weighted by Gasteiger charge is 2.30. The van der Waals surface area contributed by atoms with Crippen molar-refractivity contribution in [2.24, 2.45) is 23.7 Å². The summed E-state index contributed by atoms with van der Waals surface area (Å²) in [6.07, 6.45) is 40.3. The SMILES string of the molecule is CCC(C)CCCCCCCCCCCCC(=O)O[C@H](COC(=O)CCCCCCCCC(C)CC)COP(=O)(O)OC[C@H](O)COP(=O)(O)OC[C@@H](COC(=O)CCCCCCCCCC(C)C)OC(=O)CCCCCCCCCCCCCC(C)C. The normalized spacial score (nSPS) is 14.9. The van der Waals surface area contributed by atoms with Crippen LogP contribution in [0.5, 0.6) is 0 Å². The first-order valence-corrected chi connectivity index (χ1v) is 38.8. The molecule has 19 heteroatoms. The van der Waals surface area contributed by atoms with Gasteiger partial charge in [0, 0.05) is 25.7 Å². The summed E-state index contributed by atoms with van der Waals surface area (Å²) in [5.74, 6) is 0.872. The van der Waals surface area contributed by atoms with E-state index in [-0.39, 0.29) is 25.7 Å². The first-order valence-electron chi connectivity index (χ1n) is 35.8. The summed E-state index contributed by atoms with van der Waals surface area (Å²) in [5.41, 5.74) is 0. The molecule has 0 spiro atoms. The summed E-state index contributed by atoms with van der Waals surface area (Å²) < 4.78 is 68.2. The second-order valence-corrected chi connectivity index (χ2v) is 29.3. The van der Waals surface area contributed by atoms with Crippen molar-refractivity contribution in [3.8, 4) is 0 Å². The van der Waals surface area contributed by atoms with Crippen LogP contribution in [-0.4, -0.2) is 96.7 Å². The Bertz CT molecular complexity index is 1750. The molecule has 522 valence electrons. The van der Waals surface area contributed by atoms with Crippen molar-refractivity contribution in [2.75, 3.05) is 39.6 Å². The Morgan fingerprint density at radius 1 is 0.318 bits per heavy atom. The van der Waals surface area contributed by atoms with Gasteiger partial charge in [0.1, 0.15) is 19.3 Å². The molecule has 0 amide bonds. The molecule has 0 saturated heterocycles. The zero-order valence-corrected chi connectivity index (χ0v) is 59.1. The first kappa shape index (κ1) is 86.1. The third-order valence-electron chi connectivity index (χ3n) is 16.5. The Labute approximate surface area is 537 Å². The average molecular weight is 1300 g/mol. The molecule has 0 aliphatic rings. The van der Waals surface area contributed by atoms with E-state index >= 15 is 0 Å². The van der Waals surface area contributed by atoms with Gasteiger partial charge in [-0.1, -0.05) is 287 Å². The maximum absolute atomic E-state index is 13.0. The first-order chi connectivity index (χ1) is 42.2. The fourth-order valence-electron chi connectivity index (χ4n) is 10.2. The molecule has 0 aliphatic heterocycles. The van der Waals surface area contributed by atoms with Gasteiger partial charge in [-0.3, -0.25) is 37.3 Å². The molecule has 0 rings (SSSR count). The highest BCUT2D eigenvalue weighted by Crippen LogP contribution is 2.45. The zero-order valence-electron chi connectivity index (χ0n) is 57.3. The maximum Gasteiger partial charge on any atom is 0.472 e. The number of hydrogen-bond donors (Lipinski definition) is 3. The molecule has 0 bridgehead atoms. The lowest BCUT2D eigenvalue weighted by Crippen LogP contribution is -2.30. The van der Waals surface area contributed by atoms with E-state index < -0.39 is 97.5 Å². The summed E-state index contributed by atoms with van der Waals surface area (Å²) in [6, 6.07) is 0. The van der Waals surface area contributed by atoms with Crippen molar-refractivity contribution >= 4 is 39.5 Å². The van der Waals surface area contributed by atoms with Gasteiger partial charge in [-0.05, 0) is 49.4 Å². The van der Waals surface area contributed by atoms with E-state index in [2.05, 4.69) is 55.4 Å². The number of carbonyl (C=O) groups is 4. The molecule has 3 N–H and O–H groups in total. The molecule has 0 aliphatic carbocycles. The lowest BCUT2D eigenvalue weighted by molar-refractivity contribution is -0.161. The monoisotopic (exact) mass is 1300 g/mol. The number of esters is 4. The molecule has 0 heterocycles. The molecule has 17 nitrogen and oxygen atoms in total. The number of phosphoric acid groups is 2. The molecular weight excluding hydrogens is 1160 g/mol. The Balaban J connectivity index is 5.26. The van der Waals surface area contributed by atoms with Crippen molar-refractivity contribution in [3.63, 3.8) is 0 Å². The molecule has 0 fully saturated rings. The highest BCUT2D eigenvalue weighted by molar-refractivity contribution is 7.47. The van der Waals surface area contributed by atoms with Crippen LogP contribution in [0.2, 0.25) is 0 Å². The molecule has 4 unspecified atom stereocenters. The van der Waals surface area contributed by atoms with E-state index in [1.807, 2.05) is 0 Å². The van der Waals surface area contributed by atoms with Gasteiger partial charge in [0.15, 0.2) is 12.2 Å². The number of aliphatic hydroxyl groups excluding tert-OH is 1. The number of rotatable bonds is 66. The van der Waals surface area contributed by atoms with Crippen molar-refractivity contribution in [1.82, 2.24) is 0 Å². The number of unbranched alkanes of at least 4 members (excludes halogenated alkanes) is 30. The number of ether oxygens (including phenoxy) is 4. The topological polar surface area (TPSA) is 237 Å². The minimum absolute atomic E-state index is 0.105. The molecule has 0 aromatic heterocycles. The molecule has 7 atom stereocenters. The van der Waals surface area contributed by atoms with Crippen LogP contribution in [0.25, 0.3) is 0 Å². The van der Waals surface area contributed by atoms with Crippen molar-refractivity contribution < 1.29 is 80.2 Å². The van der Waals surface area contributed by atoms with Gasteiger partial charge in [0.2, 0.25) is 0 Å². The van der Waals surface area contributed by atoms with E-state index in [1.165, 1.54) is 128 Å². The average Bonchev–Trinajstić information content (AvgIpc) is 3.44. The summed E-state index contributed by atoms with van der Waals surface area (Å²) in [4.78, 5) is 72.5. The quantitative estimate of drug-likeness (QED) is 0.0222. The van der Waals surface area contributed by atoms with E-state index in [4.69, 9.17) is 37.0 Å². The second kappa shape index (κ2) is 58.8. The third-order valence-corrected chi connectivity index (χ3v) is 18.4. The van der Waals surface area contributed by atoms with Gasteiger partial charge in [0.05, 0.1) is 26.4 Å². The van der Waals surface area contributed by atoms with Gasteiger partial charge in [0.25, 0.3) is 0 Å². The van der Waals surface area contributed by atoms with Gasteiger partial charge < -0.3 is 33.8 Å². The zero-order chi connectivity index (χ0) is 65.4. The smallest absolute Gasteiger partial charge is 0.462 e. The second-order valence-electron chi connectivity index (χ2n) is 26.4. The van der Waals surface area contributed by atoms with Gasteiger partial charge in [-0.2, -0.15) is 0 Å². The van der Waals surface area contributed by atoms with Gasteiger partial charge in [-0.15, -0.1) is 0 Å². The lowest BCUT2D eigenvalue weighted by Gasteiger charge is -2.21. The van der Waals surface area contributed by atoms with Crippen LogP contribution < -0.4 is 0 Å². The fraction of sp³-hybridized carbons (Fsp3) is 0.942. The van der Waals surface area contributed by atoms with Crippen LogP contribution in [0, 0.1) is 23.7 Å². The van der Waals surface area contributed by atoms with Crippen LogP contribution in [0.15, 0.2) is 0 Å². The van der Waals surface area contributed by atoms with E-state index in [0.717, 1.165) is 120 Å². The Hall–Kier alpha value is -1.94. The fourth-order valence-corrected chi connectivity index (χ4v) is 11.8. The largest absolute Gasteiger partial charge is 0.472 e. The number of carbonyl (C=O) groups excluding carboxylic acids is 4. The van der Waals surface area contributed by atoms with Gasteiger partial charge in [-0.25, -0.2) is 9.13 Å². The molecule has 0 saturated carbocycles. The van der Waals surface area contributed by atoms with Crippen LogP contribution in [0.1, 0.15) is 338 Å². The Kier molecular flexibility index (Phi) is 57.6. The standard InChI is InChI=1S/C69H134O17P2/c1-9-61(7)47-39-31-23-17-14-15-19-25-36-44-52-69(74)86-65(56-80-67(72)50-42-34-28-27-32-40-48-62(8)10-2)58-84-88(77,78)82-54-63(70)53-81-87(75,76)83-57-64(55-79-66(71)49-41-33-26-20-22-30-38-46-60(5)6)85-68(73)51-43-35-24-18-13-11-12-16-21-29-37-45-59(3)4/h59-65,70H,9-58H2,1-8H3,(H,75,76)(H,77,78)/t61?,62?,63-,64-,65-/m1/s1. The number of aliphatic hydroxyl groups is 1. The Morgan fingerprint density at radius 2 is 0.545 bits per heavy atom. The predicted octanol–water partition coefficient (Wildman–Crippen LogP) is 19.3. The predicted molar refractivity (Wildman–Crippen MR) is 354 cm³/mol. The summed E-state index contributed by atoms with van der Waals surface area (Å²) in [6.45, 7) is 14.1. The van der Waals surface area contributed by atoms with Crippen LogP contribution in [-0.2, 0) is 65.4 Å². The van der Waals surface area contributed by atoms with E-state index in [0.29, 0.717) is 31.6 Å². The highest BCUT2D eigenvalue weighted by atomic mass is 31.2. The maximum atomic E-state index is 13.0. The molecule has 0 aromatic rings.